The summed E-state index contributed by atoms with van der Waals surface area (Å²) in [6.07, 6.45) is 7.27. The van der Waals surface area contributed by atoms with Crippen molar-refractivity contribution in [3.8, 4) is 5.75 Å². The van der Waals surface area contributed by atoms with E-state index in [0.29, 0.717) is 0 Å². The molecule has 0 aliphatic carbocycles. The second-order valence-electron chi connectivity index (χ2n) is 4.04. The number of ether oxygens (including phenoxy) is 1. The van der Waals surface area contributed by atoms with Crippen LogP contribution in [0, 0.1) is 6.92 Å². The topological polar surface area (TPSA) is 35.2 Å². The van der Waals surface area contributed by atoms with Gasteiger partial charge in [-0.15, -0.1) is 0 Å². The van der Waals surface area contributed by atoms with E-state index >= 15 is 0 Å². The third kappa shape index (κ3) is 5.64. The van der Waals surface area contributed by atoms with Crippen molar-refractivity contribution in [3.63, 3.8) is 0 Å². The molecule has 2 nitrogen and oxygen atoms in total. The van der Waals surface area contributed by atoms with Crippen molar-refractivity contribution in [2.24, 2.45) is 0 Å². The van der Waals surface area contributed by atoms with Crippen LogP contribution >= 0.6 is 0 Å². The first-order chi connectivity index (χ1) is 7.83. The van der Waals surface area contributed by atoms with Crippen LogP contribution in [-0.2, 0) is 0 Å². The highest BCUT2D eigenvalue weighted by Crippen LogP contribution is 2.13. The van der Waals surface area contributed by atoms with E-state index < -0.39 is 0 Å². The summed E-state index contributed by atoms with van der Waals surface area (Å²) in [5.74, 6) is 0.909. The maximum atomic E-state index is 5.60. The van der Waals surface area contributed by atoms with Crippen LogP contribution in [0.25, 0.3) is 0 Å². The first kappa shape index (κ1) is 12.9. The summed E-state index contributed by atoms with van der Waals surface area (Å²) < 4.78 is 5.60. The van der Waals surface area contributed by atoms with Gasteiger partial charge in [0.1, 0.15) is 5.75 Å². The fourth-order valence-corrected chi connectivity index (χ4v) is 1.56. The zero-order valence-electron chi connectivity index (χ0n) is 9.95. The lowest BCUT2D eigenvalue weighted by Gasteiger charge is -2.06. The van der Waals surface area contributed by atoms with Crippen molar-refractivity contribution in [2.45, 2.75) is 38.5 Å². The number of nitrogen functional groups attached to an aromatic ring is 1. The Kier molecular flexibility index (Phi) is 6.47. The molecule has 0 saturated carbocycles. The molecule has 1 radical (unpaired) electrons. The van der Waals surface area contributed by atoms with E-state index in [4.69, 9.17) is 10.5 Å². The van der Waals surface area contributed by atoms with Crippen LogP contribution in [0.4, 0.5) is 5.69 Å². The molecule has 0 spiro atoms. The molecular formula is C14H22NO. The third-order valence-electron chi connectivity index (χ3n) is 2.54. The number of benzene rings is 1. The highest BCUT2D eigenvalue weighted by Gasteiger charge is 1.94. The normalized spacial score (nSPS) is 10.3. The van der Waals surface area contributed by atoms with Gasteiger partial charge >= 0.3 is 0 Å². The van der Waals surface area contributed by atoms with Crippen LogP contribution < -0.4 is 10.5 Å². The molecule has 1 aromatic rings. The molecule has 0 aliphatic rings. The van der Waals surface area contributed by atoms with E-state index in [-0.39, 0.29) is 0 Å². The Morgan fingerprint density at radius 3 is 2.25 bits per heavy atom. The van der Waals surface area contributed by atoms with Crippen molar-refractivity contribution in [1.82, 2.24) is 0 Å². The maximum absolute atomic E-state index is 5.60. The number of hydrogen-bond donors (Lipinski definition) is 1. The third-order valence-corrected chi connectivity index (χ3v) is 2.54. The van der Waals surface area contributed by atoms with Gasteiger partial charge in [-0.25, -0.2) is 0 Å². The molecule has 16 heavy (non-hydrogen) atoms. The maximum Gasteiger partial charge on any atom is 0.119 e. The lowest BCUT2D eigenvalue weighted by atomic mass is 10.1. The number of nitrogens with two attached hydrogens (primary N) is 1. The molecule has 0 unspecified atom stereocenters. The molecule has 0 atom stereocenters. The van der Waals surface area contributed by atoms with E-state index in [1.807, 2.05) is 24.3 Å². The van der Waals surface area contributed by atoms with E-state index in [2.05, 4.69) is 6.92 Å². The summed E-state index contributed by atoms with van der Waals surface area (Å²) in [6, 6.07) is 7.56. The van der Waals surface area contributed by atoms with Crippen LogP contribution in [0.3, 0.4) is 0 Å². The van der Waals surface area contributed by atoms with Crippen molar-refractivity contribution in [3.05, 3.63) is 31.2 Å². The fraction of sp³-hybridized carbons (Fsp3) is 0.500. The number of rotatable bonds is 8. The molecular weight excluding hydrogens is 198 g/mol. The first-order valence-corrected chi connectivity index (χ1v) is 6.10. The summed E-state index contributed by atoms with van der Waals surface area (Å²) in [4.78, 5) is 0. The van der Waals surface area contributed by atoms with Gasteiger partial charge in [0.25, 0.3) is 0 Å². The van der Waals surface area contributed by atoms with Gasteiger partial charge in [0.15, 0.2) is 0 Å². The molecule has 0 heterocycles. The molecule has 1 rings (SSSR count). The summed E-state index contributed by atoms with van der Waals surface area (Å²) in [6.45, 7) is 4.63. The monoisotopic (exact) mass is 220 g/mol. The zero-order chi connectivity index (χ0) is 11.6. The van der Waals surface area contributed by atoms with Gasteiger partial charge in [0.05, 0.1) is 6.61 Å². The molecule has 89 valence electrons. The SMILES string of the molecule is [CH2]CCCCCCCOc1ccc(N)cc1. The van der Waals surface area contributed by atoms with Gasteiger partial charge in [-0.05, 0) is 30.7 Å². The number of hydrogen-bond acceptors (Lipinski definition) is 2. The zero-order valence-corrected chi connectivity index (χ0v) is 9.95. The number of anilines is 1. The lowest BCUT2D eigenvalue weighted by molar-refractivity contribution is 0.304. The average molecular weight is 220 g/mol. The van der Waals surface area contributed by atoms with Crippen LogP contribution in [0.1, 0.15) is 38.5 Å². The van der Waals surface area contributed by atoms with Crippen molar-refractivity contribution in [1.29, 1.82) is 0 Å². The lowest BCUT2D eigenvalue weighted by Crippen LogP contribution is -1.97. The number of unbranched alkanes of at least 4 members (excludes halogenated alkanes) is 5. The minimum absolute atomic E-state index is 0.778. The standard InChI is InChI=1S/C14H22NO/c1-2-3-4-5-6-7-12-16-14-10-8-13(15)9-11-14/h8-11H,1-7,12,15H2. The van der Waals surface area contributed by atoms with E-state index in [1.165, 1.54) is 25.7 Å². The summed E-state index contributed by atoms with van der Waals surface area (Å²) in [5.41, 5.74) is 6.37. The second kappa shape index (κ2) is 8.03. The Morgan fingerprint density at radius 1 is 0.938 bits per heavy atom. The molecule has 0 aromatic heterocycles. The Morgan fingerprint density at radius 2 is 1.56 bits per heavy atom. The van der Waals surface area contributed by atoms with E-state index in [1.54, 1.807) is 0 Å². The van der Waals surface area contributed by atoms with Crippen LogP contribution in [0.15, 0.2) is 24.3 Å². The summed E-state index contributed by atoms with van der Waals surface area (Å²) in [5, 5.41) is 0. The Hall–Kier alpha value is -1.18. The summed E-state index contributed by atoms with van der Waals surface area (Å²) >= 11 is 0. The van der Waals surface area contributed by atoms with Gasteiger partial charge < -0.3 is 10.5 Å². The van der Waals surface area contributed by atoms with E-state index in [0.717, 1.165) is 30.9 Å². The molecule has 2 N–H and O–H groups in total. The van der Waals surface area contributed by atoms with Crippen LogP contribution in [-0.4, -0.2) is 6.61 Å². The van der Waals surface area contributed by atoms with Gasteiger partial charge in [0, 0.05) is 5.69 Å². The Bertz CT molecular complexity index is 269. The van der Waals surface area contributed by atoms with Gasteiger partial charge in [-0.2, -0.15) is 0 Å². The molecule has 0 amide bonds. The van der Waals surface area contributed by atoms with Crippen molar-refractivity contribution < 1.29 is 4.74 Å². The van der Waals surface area contributed by atoms with E-state index in [9.17, 15) is 0 Å². The molecule has 0 bridgehead atoms. The predicted molar refractivity (Wildman–Crippen MR) is 69.4 cm³/mol. The quantitative estimate of drug-likeness (QED) is 0.534. The highest BCUT2D eigenvalue weighted by molar-refractivity contribution is 5.41. The predicted octanol–water partition coefficient (Wildman–Crippen LogP) is 3.82. The Labute approximate surface area is 98.8 Å². The minimum Gasteiger partial charge on any atom is -0.494 e. The van der Waals surface area contributed by atoms with Gasteiger partial charge in [0.2, 0.25) is 0 Å². The van der Waals surface area contributed by atoms with Crippen molar-refractivity contribution in [2.75, 3.05) is 12.3 Å². The molecule has 1 aromatic carbocycles. The summed E-state index contributed by atoms with van der Waals surface area (Å²) in [7, 11) is 0. The van der Waals surface area contributed by atoms with Gasteiger partial charge in [-0.1, -0.05) is 39.0 Å². The first-order valence-electron chi connectivity index (χ1n) is 6.10. The molecule has 2 heteroatoms. The van der Waals surface area contributed by atoms with Crippen molar-refractivity contribution >= 4 is 5.69 Å². The second-order valence-corrected chi connectivity index (χ2v) is 4.04. The molecule has 0 fully saturated rings. The van der Waals surface area contributed by atoms with Gasteiger partial charge in [-0.3, -0.25) is 0 Å². The fourth-order valence-electron chi connectivity index (χ4n) is 1.56. The molecule has 0 saturated heterocycles. The van der Waals surface area contributed by atoms with Crippen LogP contribution in [0.2, 0.25) is 0 Å². The Balaban J connectivity index is 2.01. The smallest absolute Gasteiger partial charge is 0.119 e. The van der Waals surface area contributed by atoms with Crippen LogP contribution in [0.5, 0.6) is 5.75 Å². The highest BCUT2D eigenvalue weighted by atomic mass is 16.5. The largest absolute Gasteiger partial charge is 0.494 e. The molecule has 0 aliphatic heterocycles. The minimum atomic E-state index is 0.778. The average Bonchev–Trinajstić information content (AvgIpc) is 2.30.